The van der Waals surface area contributed by atoms with E-state index in [0.29, 0.717) is 24.1 Å². The average molecular weight is 309 g/mol. The lowest BCUT2D eigenvalue weighted by Gasteiger charge is -2.19. The fourth-order valence-electron chi connectivity index (χ4n) is 2.30. The first kappa shape index (κ1) is 15.5. The van der Waals surface area contributed by atoms with Crippen LogP contribution in [0.4, 0.5) is 0 Å². The molecule has 6 nitrogen and oxygen atoms in total. The maximum Gasteiger partial charge on any atom is 0.242 e. The Balaban J connectivity index is 2.53. The van der Waals surface area contributed by atoms with Crippen LogP contribution in [0, 0.1) is 0 Å². The van der Waals surface area contributed by atoms with Gasteiger partial charge in [-0.2, -0.15) is 0 Å². The Morgan fingerprint density at radius 2 is 1.86 bits per heavy atom. The van der Waals surface area contributed by atoms with E-state index in [1.54, 1.807) is 29.2 Å². The largest absolute Gasteiger partial charge is 0.342 e. The van der Waals surface area contributed by atoms with E-state index in [-0.39, 0.29) is 17.6 Å². The van der Waals surface area contributed by atoms with Gasteiger partial charge in [0.15, 0.2) is 0 Å². The molecule has 114 valence electrons. The molecular weight excluding hydrogens is 290 g/mol. The number of para-hydroxylation sites is 2. The number of aromatic nitrogens is 2. The molecular formula is C14H19N3O3S. The van der Waals surface area contributed by atoms with Crippen molar-refractivity contribution in [1.82, 2.24) is 14.5 Å². The molecule has 0 radical (unpaired) electrons. The number of likely N-dealkylation sites (N-methyl/N-ethyl adjacent to an activating group) is 1. The van der Waals surface area contributed by atoms with Crippen molar-refractivity contribution in [2.45, 2.75) is 25.5 Å². The van der Waals surface area contributed by atoms with Crippen LogP contribution in [0.1, 0.15) is 13.8 Å². The average Bonchev–Trinajstić information content (AvgIpc) is 2.79. The molecule has 0 saturated carbocycles. The molecule has 1 aromatic carbocycles. The van der Waals surface area contributed by atoms with Crippen LogP contribution in [-0.4, -0.2) is 48.1 Å². The first-order valence-electron chi connectivity index (χ1n) is 6.81. The molecule has 1 amide bonds. The third kappa shape index (κ3) is 3.07. The number of benzene rings is 1. The van der Waals surface area contributed by atoms with E-state index in [2.05, 4.69) is 4.98 Å². The van der Waals surface area contributed by atoms with Gasteiger partial charge in [-0.1, -0.05) is 12.1 Å². The summed E-state index contributed by atoms with van der Waals surface area (Å²) in [5.74, 6) is -0.118. The number of hydrogen-bond acceptors (Lipinski definition) is 4. The SMILES string of the molecule is CCN(CC)C(=O)Cn1c(S(C)(=O)=O)nc2ccccc21. The second-order valence-electron chi connectivity index (χ2n) is 4.81. The molecule has 2 rings (SSSR count). The molecule has 0 spiro atoms. The van der Waals surface area contributed by atoms with E-state index in [1.807, 2.05) is 13.8 Å². The number of nitrogens with zero attached hydrogens (tertiary/aromatic N) is 3. The van der Waals surface area contributed by atoms with E-state index < -0.39 is 9.84 Å². The normalized spacial score (nSPS) is 11.8. The first-order valence-corrected chi connectivity index (χ1v) is 8.70. The van der Waals surface area contributed by atoms with Gasteiger partial charge >= 0.3 is 0 Å². The monoisotopic (exact) mass is 309 g/mol. The highest BCUT2D eigenvalue weighted by atomic mass is 32.2. The van der Waals surface area contributed by atoms with Crippen molar-refractivity contribution < 1.29 is 13.2 Å². The Kier molecular flexibility index (Phi) is 4.32. The Morgan fingerprint density at radius 1 is 1.24 bits per heavy atom. The summed E-state index contributed by atoms with van der Waals surface area (Å²) in [6.45, 7) is 4.95. The van der Waals surface area contributed by atoms with Gasteiger partial charge in [-0.15, -0.1) is 0 Å². The van der Waals surface area contributed by atoms with Gasteiger partial charge in [0.1, 0.15) is 6.54 Å². The molecule has 1 heterocycles. The van der Waals surface area contributed by atoms with Gasteiger partial charge in [-0.3, -0.25) is 4.79 Å². The summed E-state index contributed by atoms with van der Waals surface area (Å²) in [6.07, 6.45) is 1.10. The molecule has 7 heteroatoms. The molecule has 0 aliphatic rings. The number of carbonyl (C=O) groups is 1. The van der Waals surface area contributed by atoms with Crippen LogP contribution in [0.25, 0.3) is 11.0 Å². The minimum absolute atomic E-state index is 0.0232. The summed E-state index contributed by atoms with van der Waals surface area (Å²) in [6, 6.07) is 7.10. The summed E-state index contributed by atoms with van der Waals surface area (Å²) in [5, 5.41) is -0.0655. The summed E-state index contributed by atoms with van der Waals surface area (Å²) in [7, 11) is -3.50. The highest BCUT2D eigenvalue weighted by molar-refractivity contribution is 7.90. The lowest BCUT2D eigenvalue weighted by molar-refractivity contribution is -0.131. The quantitative estimate of drug-likeness (QED) is 0.835. The fraction of sp³-hybridized carbons (Fsp3) is 0.429. The summed E-state index contributed by atoms with van der Waals surface area (Å²) >= 11 is 0. The summed E-state index contributed by atoms with van der Waals surface area (Å²) in [5.41, 5.74) is 1.23. The molecule has 0 bridgehead atoms. The molecule has 0 unspecified atom stereocenters. The third-order valence-corrected chi connectivity index (χ3v) is 4.34. The predicted molar refractivity (Wildman–Crippen MR) is 80.8 cm³/mol. The number of amides is 1. The van der Waals surface area contributed by atoms with Gasteiger partial charge in [0.2, 0.25) is 20.9 Å². The van der Waals surface area contributed by atoms with Crippen LogP contribution < -0.4 is 0 Å². The highest BCUT2D eigenvalue weighted by Crippen LogP contribution is 2.19. The zero-order valence-corrected chi connectivity index (χ0v) is 13.2. The van der Waals surface area contributed by atoms with E-state index in [1.165, 1.54) is 4.57 Å². The van der Waals surface area contributed by atoms with Crippen LogP contribution in [-0.2, 0) is 21.2 Å². The molecule has 0 aliphatic carbocycles. The molecule has 0 saturated heterocycles. The van der Waals surface area contributed by atoms with E-state index in [4.69, 9.17) is 0 Å². The molecule has 21 heavy (non-hydrogen) atoms. The molecule has 0 aliphatic heterocycles. The molecule has 0 N–H and O–H groups in total. The van der Waals surface area contributed by atoms with Crippen LogP contribution in [0.3, 0.4) is 0 Å². The lowest BCUT2D eigenvalue weighted by Crippen LogP contribution is -2.34. The standard InChI is InChI=1S/C14H19N3O3S/c1-4-16(5-2)13(18)10-17-12-9-7-6-8-11(12)15-14(17)21(3,19)20/h6-9H,4-5,10H2,1-3H3. The Hall–Kier alpha value is -1.89. The van der Waals surface area contributed by atoms with Crippen LogP contribution >= 0.6 is 0 Å². The maximum absolute atomic E-state index is 12.3. The van der Waals surface area contributed by atoms with Crippen molar-refractivity contribution >= 4 is 26.8 Å². The van der Waals surface area contributed by atoms with Crippen LogP contribution in [0.5, 0.6) is 0 Å². The van der Waals surface area contributed by atoms with Crippen molar-refractivity contribution in [3.8, 4) is 0 Å². The number of carbonyl (C=O) groups excluding carboxylic acids is 1. The summed E-state index contributed by atoms with van der Waals surface area (Å²) in [4.78, 5) is 18.1. The maximum atomic E-state index is 12.3. The molecule has 0 fully saturated rings. The second kappa shape index (κ2) is 5.85. The number of rotatable bonds is 5. The zero-order chi connectivity index (χ0) is 15.6. The van der Waals surface area contributed by atoms with Crippen molar-refractivity contribution in [2.75, 3.05) is 19.3 Å². The van der Waals surface area contributed by atoms with Crippen molar-refractivity contribution in [3.05, 3.63) is 24.3 Å². The minimum atomic E-state index is -3.50. The van der Waals surface area contributed by atoms with Gasteiger partial charge in [-0.05, 0) is 26.0 Å². The Labute approximate surface area is 124 Å². The van der Waals surface area contributed by atoms with Gasteiger partial charge in [0.05, 0.1) is 11.0 Å². The highest BCUT2D eigenvalue weighted by Gasteiger charge is 2.22. The smallest absolute Gasteiger partial charge is 0.242 e. The van der Waals surface area contributed by atoms with Crippen molar-refractivity contribution in [2.24, 2.45) is 0 Å². The third-order valence-electron chi connectivity index (χ3n) is 3.36. The van der Waals surface area contributed by atoms with Crippen LogP contribution in [0.15, 0.2) is 29.4 Å². The zero-order valence-electron chi connectivity index (χ0n) is 12.4. The predicted octanol–water partition coefficient (Wildman–Crippen LogP) is 1.31. The number of hydrogen-bond donors (Lipinski definition) is 0. The van der Waals surface area contributed by atoms with Gasteiger partial charge in [0.25, 0.3) is 0 Å². The molecule has 0 atom stereocenters. The lowest BCUT2D eigenvalue weighted by atomic mass is 10.3. The minimum Gasteiger partial charge on any atom is -0.342 e. The van der Waals surface area contributed by atoms with Gasteiger partial charge < -0.3 is 9.47 Å². The van der Waals surface area contributed by atoms with Crippen LogP contribution in [0.2, 0.25) is 0 Å². The number of sulfone groups is 1. The van der Waals surface area contributed by atoms with E-state index in [0.717, 1.165) is 6.26 Å². The van der Waals surface area contributed by atoms with E-state index in [9.17, 15) is 13.2 Å². The molecule has 2 aromatic rings. The number of imidazole rings is 1. The Morgan fingerprint density at radius 3 is 2.43 bits per heavy atom. The fourth-order valence-corrected chi connectivity index (χ4v) is 3.13. The summed E-state index contributed by atoms with van der Waals surface area (Å²) < 4.78 is 25.3. The number of fused-ring (bicyclic) bond motifs is 1. The van der Waals surface area contributed by atoms with Crippen molar-refractivity contribution in [1.29, 1.82) is 0 Å². The van der Waals surface area contributed by atoms with E-state index >= 15 is 0 Å². The first-order chi connectivity index (χ1) is 9.88. The van der Waals surface area contributed by atoms with Gasteiger partial charge in [-0.25, -0.2) is 13.4 Å². The topological polar surface area (TPSA) is 72.3 Å². The second-order valence-corrected chi connectivity index (χ2v) is 6.72. The Bertz CT molecular complexity index is 761. The molecule has 1 aromatic heterocycles. The van der Waals surface area contributed by atoms with Crippen molar-refractivity contribution in [3.63, 3.8) is 0 Å². The van der Waals surface area contributed by atoms with Gasteiger partial charge in [0, 0.05) is 19.3 Å².